The van der Waals surface area contributed by atoms with Crippen molar-refractivity contribution in [2.75, 3.05) is 0 Å². The number of rotatable bonds is 4. The van der Waals surface area contributed by atoms with E-state index in [2.05, 4.69) is 15.6 Å². The third-order valence-corrected chi connectivity index (χ3v) is 4.07. The van der Waals surface area contributed by atoms with E-state index in [4.69, 9.17) is 32.2 Å². The number of aromatic nitrogens is 2. The molecule has 0 aliphatic heterocycles. The molecule has 0 spiro atoms. The van der Waals surface area contributed by atoms with Crippen LogP contribution in [0.15, 0.2) is 45.4 Å². The van der Waals surface area contributed by atoms with E-state index in [0.29, 0.717) is 34.3 Å². The Kier molecular flexibility index (Phi) is 3.69. The lowest BCUT2D eigenvalue weighted by molar-refractivity contribution is 0.433. The van der Waals surface area contributed by atoms with Crippen LogP contribution in [0.2, 0.25) is 10.0 Å². The van der Waals surface area contributed by atoms with Crippen molar-refractivity contribution >= 4 is 45.1 Å². The molecule has 5 nitrogen and oxygen atoms in total. The molecule has 1 N–H and O–H groups in total. The summed E-state index contributed by atoms with van der Waals surface area (Å²) in [6.07, 6.45) is 0. The Hall–Kier alpha value is -2.08. The molecule has 4 aromatic rings. The molecule has 0 atom stereocenters. The molecular formula is C16H11Cl2N3O2. The van der Waals surface area contributed by atoms with Gasteiger partial charge in [0, 0.05) is 33.9 Å². The predicted octanol–water partition coefficient (Wildman–Crippen LogP) is 4.57. The van der Waals surface area contributed by atoms with Gasteiger partial charge in [-0.2, -0.15) is 0 Å². The molecule has 0 radical (unpaired) electrons. The summed E-state index contributed by atoms with van der Waals surface area (Å²) >= 11 is 12.0. The summed E-state index contributed by atoms with van der Waals surface area (Å²) in [4.78, 5) is 0. The van der Waals surface area contributed by atoms with Crippen molar-refractivity contribution in [1.82, 2.24) is 15.6 Å². The molecule has 0 unspecified atom stereocenters. The van der Waals surface area contributed by atoms with Gasteiger partial charge in [0.2, 0.25) is 0 Å². The Labute approximate surface area is 141 Å². The van der Waals surface area contributed by atoms with Gasteiger partial charge in [-0.3, -0.25) is 0 Å². The first kappa shape index (κ1) is 14.5. The van der Waals surface area contributed by atoms with Crippen molar-refractivity contribution in [2.24, 2.45) is 0 Å². The number of nitrogens with zero attached hydrogens (tertiary/aromatic N) is 2. The van der Waals surface area contributed by atoms with Gasteiger partial charge in [0.25, 0.3) is 0 Å². The zero-order chi connectivity index (χ0) is 15.8. The van der Waals surface area contributed by atoms with Crippen LogP contribution < -0.4 is 5.32 Å². The van der Waals surface area contributed by atoms with Gasteiger partial charge in [-0.15, -0.1) is 0 Å². The molecule has 0 fully saturated rings. The van der Waals surface area contributed by atoms with Gasteiger partial charge in [-0.25, -0.2) is 0 Å². The Morgan fingerprint density at radius 1 is 0.783 bits per heavy atom. The van der Waals surface area contributed by atoms with Gasteiger partial charge in [-0.05, 0) is 36.4 Å². The fraction of sp³-hybridized carbons (Fsp3) is 0.125. The SMILES string of the molecule is Clc1ccc2onc(CNCc3noc4ccc(Cl)cc34)c2c1. The molecule has 2 aromatic carbocycles. The molecular weight excluding hydrogens is 337 g/mol. The lowest BCUT2D eigenvalue weighted by Crippen LogP contribution is -2.13. The Balaban J connectivity index is 1.52. The largest absolute Gasteiger partial charge is 0.356 e. The van der Waals surface area contributed by atoms with Crippen LogP contribution in [-0.4, -0.2) is 10.3 Å². The van der Waals surface area contributed by atoms with Crippen LogP contribution in [0.1, 0.15) is 11.4 Å². The minimum Gasteiger partial charge on any atom is -0.356 e. The highest BCUT2D eigenvalue weighted by Crippen LogP contribution is 2.24. The first-order chi connectivity index (χ1) is 11.2. The minimum absolute atomic E-state index is 0.530. The second kappa shape index (κ2) is 5.85. The number of benzene rings is 2. The summed E-state index contributed by atoms with van der Waals surface area (Å²) in [5.41, 5.74) is 3.02. The van der Waals surface area contributed by atoms with Crippen molar-refractivity contribution in [3.63, 3.8) is 0 Å². The fourth-order valence-corrected chi connectivity index (χ4v) is 2.82. The van der Waals surface area contributed by atoms with Crippen molar-refractivity contribution in [1.29, 1.82) is 0 Å². The quantitative estimate of drug-likeness (QED) is 0.585. The van der Waals surface area contributed by atoms with Gasteiger partial charge in [-0.1, -0.05) is 33.5 Å². The van der Waals surface area contributed by atoms with Crippen molar-refractivity contribution in [3.8, 4) is 0 Å². The van der Waals surface area contributed by atoms with Gasteiger partial charge >= 0.3 is 0 Å². The van der Waals surface area contributed by atoms with E-state index in [0.717, 1.165) is 22.2 Å². The van der Waals surface area contributed by atoms with E-state index in [1.165, 1.54) is 0 Å². The molecule has 0 saturated heterocycles. The van der Waals surface area contributed by atoms with Gasteiger partial charge < -0.3 is 14.4 Å². The maximum Gasteiger partial charge on any atom is 0.167 e. The lowest BCUT2D eigenvalue weighted by Gasteiger charge is -2.00. The lowest BCUT2D eigenvalue weighted by atomic mass is 10.2. The molecule has 0 aliphatic rings. The summed E-state index contributed by atoms with van der Waals surface area (Å²) in [6.45, 7) is 1.06. The van der Waals surface area contributed by atoms with Crippen LogP contribution in [-0.2, 0) is 13.1 Å². The maximum atomic E-state index is 6.02. The molecule has 2 aromatic heterocycles. The number of fused-ring (bicyclic) bond motifs is 2. The fourth-order valence-electron chi connectivity index (χ4n) is 2.48. The summed E-state index contributed by atoms with van der Waals surface area (Å²) in [5, 5.41) is 14.5. The topological polar surface area (TPSA) is 64.1 Å². The number of hydrogen-bond acceptors (Lipinski definition) is 5. The molecule has 2 heterocycles. The van der Waals surface area contributed by atoms with Crippen LogP contribution in [0.25, 0.3) is 21.9 Å². The number of hydrogen-bond donors (Lipinski definition) is 1. The van der Waals surface area contributed by atoms with Crippen molar-refractivity contribution in [2.45, 2.75) is 13.1 Å². The van der Waals surface area contributed by atoms with Gasteiger partial charge in [0.15, 0.2) is 11.2 Å². The molecule has 0 amide bonds. The highest BCUT2D eigenvalue weighted by Gasteiger charge is 2.11. The monoisotopic (exact) mass is 347 g/mol. The molecule has 116 valence electrons. The predicted molar refractivity (Wildman–Crippen MR) is 88.6 cm³/mol. The van der Waals surface area contributed by atoms with Gasteiger partial charge in [0.05, 0.1) is 0 Å². The highest BCUT2D eigenvalue weighted by molar-refractivity contribution is 6.31. The maximum absolute atomic E-state index is 6.02. The molecule has 7 heteroatoms. The van der Waals surface area contributed by atoms with Crippen LogP contribution in [0.5, 0.6) is 0 Å². The third-order valence-electron chi connectivity index (χ3n) is 3.60. The zero-order valence-electron chi connectivity index (χ0n) is 11.8. The van der Waals surface area contributed by atoms with Crippen LogP contribution >= 0.6 is 23.2 Å². The van der Waals surface area contributed by atoms with E-state index in [-0.39, 0.29) is 0 Å². The number of nitrogens with one attached hydrogen (secondary N) is 1. The Bertz CT molecular complexity index is 913. The molecule has 4 rings (SSSR count). The van der Waals surface area contributed by atoms with Gasteiger partial charge in [0.1, 0.15) is 11.4 Å². The normalized spacial score (nSPS) is 11.6. The summed E-state index contributed by atoms with van der Waals surface area (Å²) < 4.78 is 10.6. The number of halogens is 2. The van der Waals surface area contributed by atoms with E-state index >= 15 is 0 Å². The molecule has 0 aliphatic carbocycles. The van der Waals surface area contributed by atoms with Crippen LogP contribution in [0.4, 0.5) is 0 Å². The van der Waals surface area contributed by atoms with Crippen molar-refractivity contribution in [3.05, 3.63) is 57.8 Å². The minimum atomic E-state index is 0.530. The van der Waals surface area contributed by atoms with E-state index in [1.807, 2.05) is 12.1 Å². The molecule has 23 heavy (non-hydrogen) atoms. The van der Waals surface area contributed by atoms with E-state index < -0.39 is 0 Å². The van der Waals surface area contributed by atoms with E-state index in [9.17, 15) is 0 Å². The summed E-state index contributed by atoms with van der Waals surface area (Å²) in [7, 11) is 0. The zero-order valence-corrected chi connectivity index (χ0v) is 13.4. The average Bonchev–Trinajstić information content (AvgIpc) is 3.12. The van der Waals surface area contributed by atoms with Crippen LogP contribution in [0, 0.1) is 0 Å². The second-order valence-corrected chi connectivity index (χ2v) is 6.02. The van der Waals surface area contributed by atoms with Crippen molar-refractivity contribution < 1.29 is 9.05 Å². The summed E-state index contributed by atoms with van der Waals surface area (Å²) in [6, 6.07) is 10.9. The Morgan fingerprint density at radius 3 is 1.74 bits per heavy atom. The third kappa shape index (κ3) is 2.79. The van der Waals surface area contributed by atoms with Crippen LogP contribution in [0.3, 0.4) is 0 Å². The first-order valence-corrected chi connectivity index (χ1v) is 7.74. The van der Waals surface area contributed by atoms with E-state index in [1.54, 1.807) is 24.3 Å². The molecule has 0 bridgehead atoms. The summed E-state index contributed by atoms with van der Waals surface area (Å²) in [5.74, 6) is 0. The molecule has 0 saturated carbocycles. The second-order valence-electron chi connectivity index (χ2n) is 5.14. The standard InChI is InChI=1S/C16H11Cl2N3O2/c17-9-1-3-15-11(5-9)13(20-22-15)7-19-8-14-12-6-10(18)2-4-16(12)23-21-14/h1-6,19H,7-8H2. The first-order valence-electron chi connectivity index (χ1n) is 6.99. The average molecular weight is 348 g/mol. The smallest absolute Gasteiger partial charge is 0.167 e. The highest BCUT2D eigenvalue weighted by atomic mass is 35.5. The Morgan fingerprint density at radius 2 is 1.26 bits per heavy atom.